The first-order chi connectivity index (χ1) is 13.6. The highest BCUT2D eigenvalue weighted by molar-refractivity contribution is 6.33. The van der Waals surface area contributed by atoms with Gasteiger partial charge in [-0.05, 0) is 30.2 Å². The summed E-state index contributed by atoms with van der Waals surface area (Å²) in [5, 5.41) is 5.37. The molecule has 0 aliphatic heterocycles. The van der Waals surface area contributed by atoms with Crippen molar-refractivity contribution < 1.29 is 27.5 Å². The number of anilines is 1. The summed E-state index contributed by atoms with van der Waals surface area (Å²) in [6.45, 7) is 1.96. The lowest BCUT2D eigenvalue weighted by atomic mass is 10.0. The number of nitrogens with one attached hydrogen (secondary N) is 2. The summed E-state index contributed by atoms with van der Waals surface area (Å²) < 4.78 is 42.1. The maximum atomic E-state index is 12.7. The van der Waals surface area contributed by atoms with E-state index in [4.69, 9.17) is 16.3 Å². The van der Waals surface area contributed by atoms with Crippen LogP contribution in [0, 0.1) is 5.92 Å². The smallest absolute Gasteiger partial charge is 0.422 e. The third-order valence-corrected chi connectivity index (χ3v) is 4.22. The molecule has 0 aromatic heterocycles. The van der Waals surface area contributed by atoms with E-state index in [9.17, 15) is 22.8 Å². The Morgan fingerprint density at radius 1 is 1.07 bits per heavy atom. The van der Waals surface area contributed by atoms with Crippen molar-refractivity contribution in [1.82, 2.24) is 5.32 Å². The minimum absolute atomic E-state index is 0.0689. The molecule has 29 heavy (non-hydrogen) atoms. The minimum Gasteiger partial charge on any atom is -0.482 e. The molecule has 2 aromatic rings. The van der Waals surface area contributed by atoms with Crippen LogP contribution >= 0.6 is 11.6 Å². The zero-order valence-corrected chi connectivity index (χ0v) is 16.5. The molecule has 2 aromatic carbocycles. The number of alkyl halides is 3. The highest BCUT2D eigenvalue weighted by atomic mass is 35.5. The highest BCUT2D eigenvalue weighted by Crippen LogP contribution is 2.27. The third-order valence-electron chi connectivity index (χ3n) is 3.89. The van der Waals surface area contributed by atoms with Gasteiger partial charge in [0.15, 0.2) is 6.61 Å². The predicted octanol–water partition coefficient (Wildman–Crippen LogP) is 4.67. The van der Waals surface area contributed by atoms with Gasteiger partial charge < -0.3 is 15.4 Å². The van der Waals surface area contributed by atoms with Gasteiger partial charge >= 0.3 is 6.18 Å². The van der Waals surface area contributed by atoms with E-state index >= 15 is 0 Å². The molecule has 2 amide bonds. The van der Waals surface area contributed by atoms with Crippen LogP contribution in [-0.4, -0.2) is 30.6 Å². The summed E-state index contributed by atoms with van der Waals surface area (Å²) >= 11 is 6.01. The molecule has 2 N–H and O–H groups in total. The van der Waals surface area contributed by atoms with E-state index in [1.807, 2.05) is 0 Å². The molecule has 9 heteroatoms. The fourth-order valence-electron chi connectivity index (χ4n) is 2.47. The van der Waals surface area contributed by atoms with E-state index in [2.05, 4.69) is 10.6 Å². The molecule has 0 fully saturated rings. The second kappa shape index (κ2) is 9.65. The standard InChI is InChI=1S/C20H20ClF3N2O3/c1-12(2)17(26-18(27)13-7-3-4-8-14(13)21)19(28)25-15-9-5-6-10-16(15)29-11-20(22,23)24/h3-10,12,17H,11H2,1-2H3,(H,25,28)(H,26,27)/t17-/m0/s1. The van der Waals surface area contributed by atoms with Crippen molar-refractivity contribution in [3.05, 3.63) is 59.1 Å². The second-order valence-corrected chi connectivity index (χ2v) is 6.97. The molecular formula is C20H20ClF3N2O3. The lowest BCUT2D eigenvalue weighted by Crippen LogP contribution is -2.47. The van der Waals surface area contributed by atoms with Crippen molar-refractivity contribution in [3.63, 3.8) is 0 Å². The van der Waals surface area contributed by atoms with Crippen molar-refractivity contribution in [2.75, 3.05) is 11.9 Å². The number of ether oxygens (including phenoxy) is 1. The number of rotatable bonds is 7. The average molecular weight is 429 g/mol. The lowest BCUT2D eigenvalue weighted by Gasteiger charge is -2.23. The number of carbonyl (C=O) groups is 2. The first-order valence-corrected chi connectivity index (χ1v) is 9.11. The quantitative estimate of drug-likeness (QED) is 0.673. The van der Waals surface area contributed by atoms with Crippen LogP contribution in [0.5, 0.6) is 5.75 Å². The van der Waals surface area contributed by atoms with Crippen LogP contribution in [-0.2, 0) is 4.79 Å². The third kappa shape index (κ3) is 6.67. The fourth-order valence-corrected chi connectivity index (χ4v) is 2.69. The van der Waals surface area contributed by atoms with E-state index in [0.717, 1.165) is 0 Å². The molecule has 0 aliphatic rings. The maximum absolute atomic E-state index is 12.7. The number of halogens is 4. The van der Waals surface area contributed by atoms with Gasteiger partial charge in [0.2, 0.25) is 5.91 Å². The first-order valence-electron chi connectivity index (χ1n) is 8.73. The molecule has 0 saturated heterocycles. The number of para-hydroxylation sites is 2. The Kier molecular flexibility index (Phi) is 7.50. The van der Waals surface area contributed by atoms with Gasteiger partial charge in [-0.3, -0.25) is 9.59 Å². The van der Waals surface area contributed by atoms with E-state index in [1.54, 1.807) is 38.1 Å². The molecule has 0 unspecified atom stereocenters. The molecule has 0 spiro atoms. The monoisotopic (exact) mass is 428 g/mol. The predicted molar refractivity (Wildman–Crippen MR) is 104 cm³/mol. The van der Waals surface area contributed by atoms with Gasteiger partial charge in [0.05, 0.1) is 16.3 Å². The van der Waals surface area contributed by atoms with E-state index in [1.165, 1.54) is 24.3 Å². The van der Waals surface area contributed by atoms with Crippen molar-refractivity contribution >= 4 is 29.1 Å². The Hall–Kier alpha value is -2.74. The second-order valence-electron chi connectivity index (χ2n) is 6.56. The van der Waals surface area contributed by atoms with Gasteiger partial charge in [-0.1, -0.05) is 49.7 Å². The first kappa shape index (κ1) is 22.5. The van der Waals surface area contributed by atoms with Crippen molar-refractivity contribution in [2.45, 2.75) is 26.1 Å². The van der Waals surface area contributed by atoms with Crippen LogP contribution in [0.2, 0.25) is 5.02 Å². The minimum atomic E-state index is -4.51. The lowest BCUT2D eigenvalue weighted by molar-refractivity contribution is -0.153. The largest absolute Gasteiger partial charge is 0.482 e. The van der Waals surface area contributed by atoms with Crippen LogP contribution in [0.3, 0.4) is 0 Å². The van der Waals surface area contributed by atoms with Gasteiger partial charge in [0, 0.05) is 0 Å². The van der Waals surface area contributed by atoms with Crippen LogP contribution in [0.15, 0.2) is 48.5 Å². The Morgan fingerprint density at radius 3 is 2.31 bits per heavy atom. The van der Waals surface area contributed by atoms with Crippen LogP contribution in [0.25, 0.3) is 0 Å². The zero-order chi connectivity index (χ0) is 21.6. The summed E-state index contributed by atoms with van der Waals surface area (Å²) in [7, 11) is 0. The summed E-state index contributed by atoms with van der Waals surface area (Å²) in [5.41, 5.74) is 0.279. The Labute approximate surface area is 171 Å². The number of benzene rings is 2. The number of amides is 2. The van der Waals surface area contributed by atoms with E-state index in [0.29, 0.717) is 0 Å². The molecule has 156 valence electrons. The van der Waals surface area contributed by atoms with Gasteiger partial charge in [-0.2, -0.15) is 13.2 Å². The number of hydrogen-bond donors (Lipinski definition) is 2. The molecule has 0 heterocycles. The Balaban J connectivity index is 2.14. The van der Waals surface area contributed by atoms with Gasteiger partial charge in [-0.15, -0.1) is 0 Å². The maximum Gasteiger partial charge on any atom is 0.422 e. The number of hydrogen-bond acceptors (Lipinski definition) is 3. The van der Waals surface area contributed by atoms with E-state index < -0.39 is 30.6 Å². The molecular weight excluding hydrogens is 409 g/mol. The summed E-state index contributed by atoms with van der Waals surface area (Å²) in [6, 6.07) is 11.2. The van der Waals surface area contributed by atoms with Crippen molar-refractivity contribution in [2.24, 2.45) is 5.92 Å². The molecule has 1 atom stereocenters. The average Bonchev–Trinajstić information content (AvgIpc) is 2.64. The van der Waals surface area contributed by atoms with Crippen LogP contribution in [0.4, 0.5) is 18.9 Å². The normalized spacial score (nSPS) is 12.4. The molecule has 0 radical (unpaired) electrons. The summed E-state index contributed by atoms with van der Waals surface area (Å²) in [4.78, 5) is 25.2. The fraction of sp³-hybridized carbons (Fsp3) is 0.300. The Morgan fingerprint density at radius 2 is 1.69 bits per heavy atom. The van der Waals surface area contributed by atoms with Gasteiger partial charge in [0.25, 0.3) is 5.91 Å². The molecule has 0 aliphatic carbocycles. The van der Waals surface area contributed by atoms with Crippen LogP contribution in [0.1, 0.15) is 24.2 Å². The van der Waals surface area contributed by atoms with Crippen molar-refractivity contribution in [1.29, 1.82) is 0 Å². The molecule has 5 nitrogen and oxygen atoms in total. The topological polar surface area (TPSA) is 67.4 Å². The van der Waals surface area contributed by atoms with E-state index in [-0.39, 0.29) is 27.9 Å². The van der Waals surface area contributed by atoms with Gasteiger partial charge in [0.1, 0.15) is 11.8 Å². The summed E-state index contributed by atoms with van der Waals surface area (Å²) in [5.74, 6) is -1.56. The van der Waals surface area contributed by atoms with Crippen LogP contribution < -0.4 is 15.4 Å². The van der Waals surface area contributed by atoms with Crippen molar-refractivity contribution in [3.8, 4) is 5.75 Å². The SMILES string of the molecule is CC(C)[C@H](NC(=O)c1ccccc1Cl)C(=O)Nc1ccccc1OCC(F)(F)F. The Bertz CT molecular complexity index is 872. The number of carbonyl (C=O) groups excluding carboxylic acids is 2. The molecule has 0 saturated carbocycles. The molecule has 0 bridgehead atoms. The zero-order valence-electron chi connectivity index (χ0n) is 15.7. The molecule has 2 rings (SSSR count). The van der Waals surface area contributed by atoms with Gasteiger partial charge in [-0.25, -0.2) is 0 Å². The summed E-state index contributed by atoms with van der Waals surface area (Å²) in [6.07, 6.45) is -4.51. The highest BCUT2D eigenvalue weighted by Gasteiger charge is 2.30.